The van der Waals surface area contributed by atoms with E-state index in [1.165, 1.54) is 6.07 Å². The van der Waals surface area contributed by atoms with Crippen molar-refractivity contribution in [2.24, 2.45) is 0 Å². The molecule has 21 heavy (non-hydrogen) atoms. The number of anilines is 1. The van der Waals surface area contributed by atoms with E-state index in [4.69, 9.17) is 5.73 Å². The number of hydrogen-bond donors (Lipinski definition) is 2. The Morgan fingerprint density at radius 3 is 2.52 bits per heavy atom. The predicted octanol–water partition coefficient (Wildman–Crippen LogP) is 0.796. The lowest BCUT2D eigenvalue weighted by Gasteiger charge is -2.17. The molecule has 0 aliphatic carbocycles. The summed E-state index contributed by atoms with van der Waals surface area (Å²) >= 11 is 0. The van der Waals surface area contributed by atoms with Crippen LogP contribution in [0.25, 0.3) is 0 Å². The molecular weight excluding hydrogens is 296 g/mol. The molecule has 0 saturated carbocycles. The van der Waals surface area contributed by atoms with Crippen LogP contribution >= 0.6 is 0 Å². The highest BCUT2D eigenvalue weighted by molar-refractivity contribution is 7.89. The van der Waals surface area contributed by atoms with Crippen molar-refractivity contribution >= 4 is 21.4 Å². The normalized spacial score (nSPS) is 13.3. The highest BCUT2D eigenvalue weighted by Gasteiger charge is 2.20. The maximum atomic E-state index is 12.2. The van der Waals surface area contributed by atoms with E-state index in [9.17, 15) is 18.5 Å². The Kier molecular flexibility index (Phi) is 5.64. The van der Waals surface area contributed by atoms with E-state index in [0.717, 1.165) is 18.7 Å². The van der Waals surface area contributed by atoms with Gasteiger partial charge >= 0.3 is 0 Å². The van der Waals surface area contributed by atoms with E-state index >= 15 is 0 Å². The average molecular weight is 316 g/mol. The lowest BCUT2D eigenvalue weighted by atomic mass is 10.2. The molecule has 1 rings (SSSR count). The van der Waals surface area contributed by atoms with Crippen LogP contribution in [0.3, 0.4) is 0 Å². The van der Waals surface area contributed by atoms with Crippen LogP contribution in [0.1, 0.15) is 13.3 Å². The Hall–Kier alpha value is -1.71. The van der Waals surface area contributed by atoms with E-state index in [0.29, 0.717) is 6.42 Å². The van der Waals surface area contributed by atoms with Crippen molar-refractivity contribution in [1.29, 1.82) is 0 Å². The number of rotatable bonds is 7. The van der Waals surface area contributed by atoms with Crippen LogP contribution in [-0.2, 0) is 10.0 Å². The van der Waals surface area contributed by atoms with E-state index in [2.05, 4.69) is 4.72 Å². The van der Waals surface area contributed by atoms with E-state index in [1.807, 2.05) is 19.0 Å². The molecular formula is C12H20N4O4S. The second-order valence-electron chi connectivity index (χ2n) is 5.09. The molecule has 1 unspecified atom stereocenters. The van der Waals surface area contributed by atoms with Crippen molar-refractivity contribution in [3.05, 3.63) is 28.3 Å². The minimum atomic E-state index is -3.74. The van der Waals surface area contributed by atoms with E-state index < -0.39 is 14.9 Å². The van der Waals surface area contributed by atoms with Crippen molar-refractivity contribution in [3.63, 3.8) is 0 Å². The van der Waals surface area contributed by atoms with Gasteiger partial charge in [0.15, 0.2) is 0 Å². The molecule has 0 spiro atoms. The number of sulfonamides is 1. The fourth-order valence-electron chi connectivity index (χ4n) is 1.71. The zero-order valence-corrected chi connectivity index (χ0v) is 13.1. The van der Waals surface area contributed by atoms with Gasteiger partial charge in [-0.1, -0.05) is 0 Å². The third kappa shape index (κ3) is 4.96. The van der Waals surface area contributed by atoms with Crippen molar-refractivity contribution in [2.45, 2.75) is 24.3 Å². The summed E-state index contributed by atoms with van der Waals surface area (Å²) in [6.07, 6.45) is 0.648. The van der Waals surface area contributed by atoms with Crippen LogP contribution < -0.4 is 10.5 Å². The van der Waals surface area contributed by atoms with Crippen LogP contribution in [-0.4, -0.2) is 44.9 Å². The second-order valence-corrected chi connectivity index (χ2v) is 6.81. The molecule has 0 saturated heterocycles. The predicted molar refractivity (Wildman–Crippen MR) is 80.5 cm³/mol. The topological polar surface area (TPSA) is 119 Å². The highest BCUT2D eigenvalue weighted by atomic mass is 32.2. The summed E-state index contributed by atoms with van der Waals surface area (Å²) in [5.74, 6) is 0. The molecule has 0 fully saturated rings. The van der Waals surface area contributed by atoms with Gasteiger partial charge in [-0.25, -0.2) is 13.1 Å². The van der Waals surface area contributed by atoms with Crippen molar-refractivity contribution in [2.75, 3.05) is 26.4 Å². The summed E-state index contributed by atoms with van der Waals surface area (Å²) in [4.78, 5) is 11.9. The molecule has 1 aromatic rings. The van der Waals surface area contributed by atoms with Crippen LogP contribution in [0.2, 0.25) is 0 Å². The molecule has 1 atom stereocenters. The minimum absolute atomic E-state index is 0.0812. The number of nitrogens with one attached hydrogen (secondary N) is 1. The Bertz CT molecular complexity index is 616. The fourth-order valence-corrected chi connectivity index (χ4v) is 3.02. The molecule has 0 bridgehead atoms. The van der Waals surface area contributed by atoms with E-state index in [1.54, 1.807) is 6.92 Å². The number of nitrogen functional groups attached to an aromatic ring is 1. The number of nitro benzene ring substituents is 1. The smallest absolute Gasteiger partial charge is 0.292 e. The number of benzene rings is 1. The van der Waals surface area contributed by atoms with Gasteiger partial charge in [0.25, 0.3) is 5.69 Å². The zero-order chi connectivity index (χ0) is 16.2. The first kappa shape index (κ1) is 17.3. The van der Waals surface area contributed by atoms with Crippen LogP contribution in [0, 0.1) is 10.1 Å². The van der Waals surface area contributed by atoms with E-state index in [-0.39, 0.29) is 22.3 Å². The fraction of sp³-hybridized carbons (Fsp3) is 0.500. The van der Waals surface area contributed by atoms with Gasteiger partial charge in [0.1, 0.15) is 5.69 Å². The molecule has 3 N–H and O–H groups in total. The van der Waals surface area contributed by atoms with Crippen LogP contribution in [0.4, 0.5) is 11.4 Å². The molecule has 0 aliphatic heterocycles. The lowest BCUT2D eigenvalue weighted by molar-refractivity contribution is -0.383. The van der Waals surface area contributed by atoms with Gasteiger partial charge in [-0.15, -0.1) is 0 Å². The molecule has 0 heterocycles. The molecule has 0 amide bonds. The summed E-state index contributed by atoms with van der Waals surface area (Å²) in [5, 5.41) is 10.7. The van der Waals surface area contributed by atoms with Gasteiger partial charge < -0.3 is 10.6 Å². The van der Waals surface area contributed by atoms with Crippen molar-refractivity contribution in [3.8, 4) is 0 Å². The summed E-state index contributed by atoms with van der Waals surface area (Å²) in [6.45, 7) is 2.50. The van der Waals surface area contributed by atoms with Crippen molar-refractivity contribution < 1.29 is 13.3 Å². The molecule has 0 aliphatic rings. The molecule has 0 radical (unpaired) electrons. The monoisotopic (exact) mass is 316 g/mol. The summed E-state index contributed by atoms with van der Waals surface area (Å²) in [6, 6.07) is 3.11. The maximum absolute atomic E-state index is 12.2. The zero-order valence-electron chi connectivity index (χ0n) is 12.2. The number of nitro groups is 1. The molecule has 0 aromatic heterocycles. The molecule has 9 heteroatoms. The SMILES string of the molecule is CC(CCN(C)C)NS(=O)(=O)c1ccc([N+](=O)[O-])c(N)c1. The third-order valence-electron chi connectivity index (χ3n) is 2.87. The van der Waals surface area contributed by atoms with Gasteiger partial charge in [0, 0.05) is 12.1 Å². The average Bonchev–Trinajstić information content (AvgIpc) is 2.35. The summed E-state index contributed by atoms with van der Waals surface area (Å²) < 4.78 is 26.9. The van der Waals surface area contributed by atoms with Gasteiger partial charge in [-0.05, 0) is 46.1 Å². The van der Waals surface area contributed by atoms with Gasteiger partial charge in [0.05, 0.1) is 9.82 Å². The molecule has 8 nitrogen and oxygen atoms in total. The Morgan fingerprint density at radius 2 is 2.05 bits per heavy atom. The van der Waals surface area contributed by atoms with Gasteiger partial charge in [-0.2, -0.15) is 0 Å². The largest absolute Gasteiger partial charge is 0.393 e. The van der Waals surface area contributed by atoms with Crippen LogP contribution in [0.5, 0.6) is 0 Å². The van der Waals surface area contributed by atoms with Gasteiger partial charge in [0.2, 0.25) is 10.0 Å². The standard InChI is InChI=1S/C12H20N4O4S/c1-9(6-7-15(2)3)14-21(19,20)10-4-5-12(16(17)18)11(13)8-10/h4-5,8-9,14H,6-7,13H2,1-3H3. The van der Waals surface area contributed by atoms with Gasteiger partial charge in [-0.3, -0.25) is 10.1 Å². The Morgan fingerprint density at radius 1 is 1.43 bits per heavy atom. The second kappa shape index (κ2) is 6.83. The Labute approximate surface area is 124 Å². The summed E-state index contributed by atoms with van der Waals surface area (Å²) in [5.41, 5.74) is 5.02. The number of hydrogen-bond acceptors (Lipinski definition) is 6. The maximum Gasteiger partial charge on any atom is 0.292 e. The molecule has 1 aromatic carbocycles. The lowest BCUT2D eigenvalue weighted by Crippen LogP contribution is -2.34. The number of nitrogens with zero attached hydrogens (tertiary/aromatic N) is 2. The third-order valence-corrected chi connectivity index (χ3v) is 4.46. The quantitative estimate of drug-likeness (QED) is 0.436. The molecule has 118 valence electrons. The Balaban J connectivity index is 2.88. The highest BCUT2D eigenvalue weighted by Crippen LogP contribution is 2.24. The number of nitrogens with two attached hydrogens (primary N) is 1. The summed E-state index contributed by atoms with van der Waals surface area (Å²) in [7, 11) is 0.0586. The first-order valence-corrected chi connectivity index (χ1v) is 7.83. The first-order chi connectivity index (χ1) is 9.63. The first-order valence-electron chi connectivity index (χ1n) is 6.34. The van der Waals surface area contributed by atoms with Crippen molar-refractivity contribution in [1.82, 2.24) is 9.62 Å². The minimum Gasteiger partial charge on any atom is -0.393 e. The van der Waals surface area contributed by atoms with Crippen LogP contribution in [0.15, 0.2) is 23.1 Å².